The minimum absolute atomic E-state index is 0.125. The average molecular weight is 231 g/mol. The third kappa shape index (κ3) is 3.71. The first-order chi connectivity index (χ1) is 6.61. The highest BCUT2D eigenvalue weighted by Gasteiger charge is 2.08. The molecule has 5 N–H and O–H groups in total. The van der Waals surface area contributed by atoms with Crippen LogP contribution < -0.4 is 16.8 Å². The molecule has 0 radical (unpaired) electrons. The van der Waals surface area contributed by atoms with E-state index in [9.17, 15) is 4.79 Å². The molecule has 0 unspecified atom stereocenters. The predicted molar refractivity (Wildman–Crippen MR) is 64.6 cm³/mol. The Bertz CT molecular complexity index is 322. The number of anilines is 1. The zero-order valence-electron chi connectivity index (χ0n) is 8.03. The predicted octanol–water partition coefficient (Wildman–Crippen LogP) is 1.53. The van der Waals surface area contributed by atoms with Gasteiger partial charge in [-0.15, -0.1) is 11.3 Å². The lowest BCUT2D eigenvalue weighted by atomic mass is 10.3. The fourth-order valence-corrected chi connectivity index (χ4v) is 1.68. The molecule has 14 heavy (non-hydrogen) atoms. The van der Waals surface area contributed by atoms with Gasteiger partial charge in [-0.1, -0.05) is 13.8 Å². The Morgan fingerprint density at radius 1 is 1.50 bits per heavy atom. The molecule has 0 aromatic carbocycles. The van der Waals surface area contributed by atoms with Gasteiger partial charge in [0.15, 0.2) is 5.11 Å². The summed E-state index contributed by atoms with van der Waals surface area (Å²) in [4.78, 5) is 10.8. The molecule has 0 spiro atoms. The van der Waals surface area contributed by atoms with Crippen molar-refractivity contribution in [2.24, 2.45) is 11.5 Å². The van der Waals surface area contributed by atoms with Crippen LogP contribution in [0.5, 0.6) is 0 Å². The van der Waals surface area contributed by atoms with Crippen LogP contribution >= 0.6 is 23.6 Å². The number of hydrogen-bond acceptors (Lipinski definition) is 3. The summed E-state index contributed by atoms with van der Waals surface area (Å²) in [5.74, 6) is -0.491. The van der Waals surface area contributed by atoms with E-state index in [4.69, 9.17) is 11.5 Å². The molecule has 1 aromatic heterocycles. The van der Waals surface area contributed by atoms with Crippen LogP contribution in [0.1, 0.15) is 24.2 Å². The lowest BCUT2D eigenvalue weighted by Crippen LogP contribution is -2.20. The van der Waals surface area contributed by atoms with Gasteiger partial charge in [0.25, 0.3) is 5.91 Å². The molecular formula is C8H13N3OS2. The van der Waals surface area contributed by atoms with E-state index in [-0.39, 0.29) is 5.11 Å². The van der Waals surface area contributed by atoms with Crippen molar-refractivity contribution in [1.82, 2.24) is 0 Å². The van der Waals surface area contributed by atoms with Crippen LogP contribution in [-0.2, 0) is 0 Å². The normalized spacial score (nSPS) is 8.43. The summed E-state index contributed by atoms with van der Waals surface area (Å²) in [5, 5.41) is 5.12. The second-order valence-electron chi connectivity index (χ2n) is 2.02. The van der Waals surface area contributed by atoms with Gasteiger partial charge < -0.3 is 16.8 Å². The van der Waals surface area contributed by atoms with Gasteiger partial charge >= 0.3 is 0 Å². The van der Waals surface area contributed by atoms with E-state index in [0.717, 1.165) is 0 Å². The Kier molecular flexibility index (Phi) is 5.82. The SMILES string of the molecule is CC.NC(=O)c1ccsc1NC(N)=S. The number of hydrogen-bond donors (Lipinski definition) is 3. The van der Waals surface area contributed by atoms with Gasteiger partial charge in [0, 0.05) is 0 Å². The summed E-state index contributed by atoms with van der Waals surface area (Å²) in [5.41, 5.74) is 10.7. The van der Waals surface area contributed by atoms with Crippen molar-refractivity contribution in [1.29, 1.82) is 0 Å². The molecule has 0 saturated carbocycles. The van der Waals surface area contributed by atoms with Crippen LogP contribution in [0.15, 0.2) is 11.4 Å². The van der Waals surface area contributed by atoms with E-state index >= 15 is 0 Å². The van der Waals surface area contributed by atoms with E-state index in [0.29, 0.717) is 10.6 Å². The van der Waals surface area contributed by atoms with Gasteiger partial charge in [0.2, 0.25) is 0 Å². The topological polar surface area (TPSA) is 81.1 Å². The minimum Gasteiger partial charge on any atom is -0.376 e. The Balaban J connectivity index is 0.000000791. The molecule has 0 aliphatic rings. The molecular weight excluding hydrogens is 218 g/mol. The maximum absolute atomic E-state index is 10.8. The Hall–Kier alpha value is -1.14. The van der Waals surface area contributed by atoms with Gasteiger partial charge in [-0.2, -0.15) is 0 Å². The van der Waals surface area contributed by atoms with Crippen molar-refractivity contribution < 1.29 is 4.79 Å². The van der Waals surface area contributed by atoms with Crippen LogP contribution in [0, 0.1) is 0 Å². The molecule has 4 nitrogen and oxygen atoms in total. The zero-order chi connectivity index (χ0) is 11.1. The molecule has 6 heteroatoms. The van der Waals surface area contributed by atoms with Crippen molar-refractivity contribution in [2.45, 2.75) is 13.8 Å². The number of thiophene rings is 1. The lowest BCUT2D eigenvalue weighted by molar-refractivity contribution is 0.100. The minimum atomic E-state index is -0.491. The Morgan fingerprint density at radius 3 is 2.50 bits per heavy atom. The number of carbonyl (C=O) groups is 1. The molecule has 0 saturated heterocycles. The van der Waals surface area contributed by atoms with Crippen molar-refractivity contribution in [3.63, 3.8) is 0 Å². The largest absolute Gasteiger partial charge is 0.376 e. The molecule has 0 aliphatic heterocycles. The van der Waals surface area contributed by atoms with E-state index in [1.807, 2.05) is 13.8 Å². The van der Waals surface area contributed by atoms with Gasteiger partial charge in [-0.25, -0.2) is 0 Å². The van der Waals surface area contributed by atoms with E-state index < -0.39 is 5.91 Å². The lowest BCUT2D eigenvalue weighted by Gasteiger charge is -2.00. The molecule has 0 fully saturated rings. The van der Waals surface area contributed by atoms with E-state index in [1.165, 1.54) is 11.3 Å². The number of nitrogens with two attached hydrogens (primary N) is 2. The third-order valence-electron chi connectivity index (χ3n) is 1.17. The molecule has 0 bridgehead atoms. The molecule has 78 valence electrons. The summed E-state index contributed by atoms with van der Waals surface area (Å²) < 4.78 is 0. The van der Waals surface area contributed by atoms with Gasteiger partial charge in [0.1, 0.15) is 5.00 Å². The molecule has 0 atom stereocenters. The summed E-state index contributed by atoms with van der Waals surface area (Å²) in [6, 6.07) is 1.62. The highest BCUT2D eigenvalue weighted by Crippen LogP contribution is 2.21. The molecule has 1 amide bonds. The standard InChI is InChI=1S/C6H7N3OS2.C2H6/c7-4(10)3-1-2-12-5(3)9-6(8)11;1-2/h1-2H,(H2,7,10)(H3,8,9,11);1-2H3. The van der Waals surface area contributed by atoms with Crippen molar-refractivity contribution >= 4 is 39.6 Å². The summed E-state index contributed by atoms with van der Waals surface area (Å²) >= 11 is 5.94. The number of primary amides is 1. The van der Waals surface area contributed by atoms with E-state index in [1.54, 1.807) is 11.4 Å². The fourth-order valence-electron chi connectivity index (χ4n) is 0.712. The fraction of sp³-hybridized carbons (Fsp3) is 0.250. The van der Waals surface area contributed by atoms with Gasteiger partial charge in [0.05, 0.1) is 5.56 Å². The highest BCUT2D eigenvalue weighted by atomic mass is 32.1. The summed E-state index contributed by atoms with van der Waals surface area (Å²) in [7, 11) is 0. The number of amides is 1. The maximum Gasteiger partial charge on any atom is 0.251 e. The van der Waals surface area contributed by atoms with Crippen LogP contribution in [-0.4, -0.2) is 11.0 Å². The first-order valence-electron chi connectivity index (χ1n) is 4.05. The number of carbonyl (C=O) groups excluding carboxylic acids is 1. The quantitative estimate of drug-likeness (QED) is 0.674. The van der Waals surface area contributed by atoms with Crippen LogP contribution in [0.2, 0.25) is 0 Å². The first kappa shape index (κ1) is 12.9. The molecule has 1 aromatic rings. The van der Waals surface area contributed by atoms with E-state index in [2.05, 4.69) is 17.5 Å². The summed E-state index contributed by atoms with van der Waals surface area (Å²) in [6.07, 6.45) is 0. The Morgan fingerprint density at radius 2 is 2.07 bits per heavy atom. The second kappa shape index (κ2) is 6.33. The van der Waals surface area contributed by atoms with Crippen LogP contribution in [0.4, 0.5) is 5.00 Å². The van der Waals surface area contributed by atoms with Crippen LogP contribution in [0.25, 0.3) is 0 Å². The second-order valence-corrected chi connectivity index (χ2v) is 3.37. The maximum atomic E-state index is 10.8. The number of nitrogens with one attached hydrogen (secondary N) is 1. The molecule has 1 rings (SSSR count). The monoisotopic (exact) mass is 231 g/mol. The average Bonchev–Trinajstić information content (AvgIpc) is 2.55. The van der Waals surface area contributed by atoms with Crippen molar-refractivity contribution in [3.8, 4) is 0 Å². The van der Waals surface area contributed by atoms with Crippen LogP contribution in [0.3, 0.4) is 0 Å². The smallest absolute Gasteiger partial charge is 0.251 e. The first-order valence-corrected chi connectivity index (χ1v) is 5.34. The number of thiocarbonyl (C=S) groups is 1. The molecule has 1 heterocycles. The highest BCUT2D eigenvalue weighted by molar-refractivity contribution is 7.80. The van der Waals surface area contributed by atoms with Gasteiger partial charge in [-0.05, 0) is 23.7 Å². The third-order valence-corrected chi connectivity index (χ3v) is 2.10. The zero-order valence-corrected chi connectivity index (χ0v) is 9.67. The van der Waals surface area contributed by atoms with Crippen molar-refractivity contribution in [2.75, 3.05) is 5.32 Å². The summed E-state index contributed by atoms with van der Waals surface area (Å²) in [6.45, 7) is 4.00. The number of rotatable bonds is 2. The van der Waals surface area contributed by atoms with Gasteiger partial charge in [-0.3, -0.25) is 4.79 Å². The van der Waals surface area contributed by atoms with Crippen molar-refractivity contribution in [3.05, 3.63) is 17.0 Å². The molecule has 0 aliphatic carbocycles. The Labute approximate surface area is 92.3 Å².